The second-order valence-corrected chi connectivity index (χ2v) is 5.16. The molecule has 7 nitrogen and oxygen atoms in total. The van der Waals surface area contributed by atoms with Gasteiger partial charge in [-0.15, -0.1) is 0 Å². The second kappa shape index (κ2) is 9.03. The highest BCUT2D eigenvalue weighted by Crippen LogP contribution is 2.16. The summed E-state index contributed by atoms with van der Waals surface area (Å²) >= 11 is 0. The molecule has 0 aliphatic rings. The van der Waals surface area contributed by atoms with Crippen molar-refractivity contribution in [2.75, 3.05) is 13.2 Å². The number of ether oxygens (including phenoxy) is 2. The molecule has 0 spiro atoms. The van der Waals surface area contributed by atoms with E-state index in [0.29, 0.717) is 22.6 Å². The van der Waals surface area contributed by atoms with Crippen molar-refractivity contribution in [3.05, 3.63) is 65.7 Å². The van der Waals surface area contributed by atoms with Crippen LogP contribution in [-0.2, 0) is 9.59 Å². The highest BCUT2D eigenvalue weighted by Gasteiger charge is 2.04. The fourth-order valence-corrected chi connectivity index (χ4v) is 1.98. The molecule has 0 saturated heterocycles. The van der Waals surface area contributed by atoms with Crippen molar-refractivity contribution < 1.29 is 34.1 Å². The molecule has 0 saturated carbocycles. The Labute approximate surface area is 149 Å². The van der Waals surface area contributed by atoms with Crippen molar-refractivity contribution >= 4 is 23.8 Å². The van der Waals surface area contributed by atoms with Crippen LogP contribution in [0.1, 0.15) is 15.9 Å². The maximum atomic E-state index is 12.2. The highest BCUT2D eigenvalue weighted by atomic mass is 16.5. The molecule has 2 aromatic carbocycles. The predicted octanol–water partition coefficient (Wildman–Crippen LogP) is 2.51. The average Bonchev–Trinajstić information content (AvgIpc) is 2.63. The zero-order valence-electron chi connectivity index (χ0n) is 13.6. The van der Waals surface area contributed by atoms with Gasteiger partial charge in [-0.25, -0.2) is 9.59 Å². The van der Waals surface area contributed by atoms with Gasteiger partial charge in [0.25, 0.3) is 0 Å². The number of aliphatic carboxylic acids is 2. The Morgan fingerprint density at radius 3 is 2.08 bits per heavy atom. The molecule has 2 rings (SSSR count). The monoisotopic (exact) mass is 356 g/mol. The Morgan fingerprint density at radius 2 is 1.46 bits per heavy atom. The van der Waals surface area contributed by atoms with E-state index in [4.69, 9.17) is 19.7 Å². The normalized spacial score (nSPS) is 10.5. The van der Waals surface area contributed by atoms with Gasteiger partial charge in [-0.2, -0.15) is 0 Å². The quantitative estimate of drug-likeness (QED) is 0.525. The Bertz CT molecular complexity index is 822. The first-order chi connectivity index (χ1) is 12.4. The van der Waals surface area contributed by atoms with Crippen LogP contribution >= 0.6 is 0 Å². The number of carbonyl (C=O) groups excluding carboxylic acids is 1. The van der Waals surface area contributed by atoms with Crippen LogP contribution in [0.15, 0.2) is 54.6 Å². The van der Waals surface area contributed by atoms with Crippen molar-refractivity contribution in [2.24, 2.45) is 0 Å². The van der Waals surface area contributed by atoms with Gasteiger partial charge in [0.1, 0.15) is 11.5 Å². The molecule has 2 N–H and O–H groups in total. The summed E-state index contributed by atoms with van der Waals surface area (Å²) < 4.78 is 10.1. The van der Waals surface area contributed by atoms with E-state index >= 15 is 0 Å². The zero-order chi connectivity index (χ0) is 18.9. The van der Waals surface area contributed by atoms with Crippen LogP contribution in [0, 0.1) is 0 Å². The fraction of sp³-hybridized carbons (Fsp3) is 0.105. The lowest BCUT2D eigenvalue weighted by Crippen LogP contribution is -2.09. The topological polar surface area (TPSA) is 110 Å². The molecule has 0 fully saturated rings. The molecule has 0 aromatic heterocycles. The van der Waals surface area contributed by atoms with E-state index in [1.54, 1.807) is 30.3 Å². The van der Waals surface area contributed by atoms with Crippen LogP contribution in [0.2, 0.25) is 0 Å². The lowest BCUT2D eigenvalue weighted by atomic mass is 10.1. The lowest BCUT2D eigenvalue weighted by molar-refractivity contribution is -0.140. The van der Waals surface area contributed by atoms with Crippen molar-refractivity contribution in [2.45, 2.75) is 0 Å². The summed E-state index contributed by atoms with van der Waals surface area (Å²) in [4.78, 5) is 33.1. The molecule has 2 aromatic rings. The molecule has 0 aliphatic heterocycles. The summed E-state index contributed by atoms with van der Waals surface area (Å²) in [5.41, 5.74) is 1.10. The van der Waals surface area contributed by atoms with Gasteiger partial charge in [0.2, 0.25) is 0 Å². The number of hydrogen-bond acceptors (Lipinski definition) is 5. The molecule has 0 unspecified atom stereocenters. The van der Waals surface area contributed by atoms with Crippen molar-refractivity contribution in [3.63, 3.8) is 0 Å². The average molecular weight is 356 g/mol. The Kier molecular flexibility index (Phi) is 6.50. The number of carboxylic acids is 2. The number of allylic oxidation sites excluding steroid dienone is 1. The SMILES string of the molecule is O=C(O)COc1ccc(C(=O)/C=C/c2cccc(OCC(=O)O)c2)cc1. The van der Waals surface area contributed by atoms with Crippen LogP contribution < -0.4 is 9.47 Å². The summed E-state index contributed by atoms with van der Waals surface area (Å²) in [6.07, 6.45) is 2.97. The molecule has 0 aliphatic carbocycles. The number of rotatable bonds is 9. The Hall–Kier alpha value is -3.61. The number of carbonyl (C=O) groups is 3. The van der Waals surface area contributed by atoms with E-state index in [1.165, 1.54) is 30.3 Å². The summed E-state index contributed by atoms with van der Waals surface area (Å²) in [6, 6.07) is 12.8. The van der Waals surface area contributed by atoms with Crippen LogP contribution in [0.25, 0.3) is 6.08 Å². The van der Waals surface area contributed by atoms with Crippen molar-refractivity contribution in [1.82, 2.24) is 0 Å². The summed E-state index contributed by atoms with van der Waals surface area (Å²) in [5, 5.41) is 17.2. The first-order valence-electron chi connectivity index (χ1n) is 7.56. The largest absolute Gasteiger partial charge is 0.482 e. The number of benzene rings is 2. The summed E-state index contributed by atoms with van der Waals surface area (Å²) in [5.74, 6) is -1.65. The Balaban J connectivity index is 1.99. The van der Waals surface area contributed by atoms with Gasteiger partial charge >= 0.3 is 11.9 Å². The Morgan fingerprint density at radius 1 is 0.846 bits per heavy atom. The van der Waals surface area contributed by atoms with Crippen molar-refractivity contribution in [1.29, 1.82) is 0 Å². The molecule has 0 radical (unpaired) electrons. The first kappa shape index (κ1) is 18.7. The third-order valence-corrected chi connectivity index (χ3v) is 3.15. The lowest BCUT2D eigenvalue weighted by Gasteiger charge is -2.04. The molecule has 0 atom stereocenters. The molecule has 134 valence electrons. The van der Waals surface area contributed by atoms with Crippen LogP contribution in [0.4, 0.5) is 0 Å². The van der Waals surface area contributed by atoms with Gasteiger partial charge in [-0.3, -0.25) is 4.79 Å². The van der Waals surface area contributed by atoms with E-state index < -0.39 is 25.2 Å². The highest BCUT2D eigenvalue weighted by molar-refractivity contribution is 6.06. The fourth-order valence-electron chi connectivity index (χ4n) is 1.98. The van der Waals surface area contributed by atoms with Crippen LogP contribution in [-0.4, -0.2) is 41.1 Å². The minimum atomic E-state index is -1.08. The van der Waals surface area contributed by atoms with E-state index in [0.717, 1.165) is 0 Å². The second-order valence-electron chi connectivity index (χ2n) is 5.16. The molecule has 0 bridgehead atoms. The van der Waals surface area contributed by atoms with Gasteiger partial charge in [0.05, 0.1) is 0 Å². The van der Waals surface area contributed by atoms with Gasteiger partial charge in [0, 0.05) is 5.56 Å². The van der Waals surface area contributed by atoms with Crippen molar-refractivity contribution in [3.8, 4) is 11.5 Å². The summed E-state index contributed by atoms with van der Waals surface area (Å²) in [7, 11) is 0. The predicted molar refractivity (Wildman–Crippen MR) is 92.5 cm³/mol. The minimum absolute atomic E-state index is 0.244. The van der Waals surface area contributed by atoms with Gasteiger partial charge in [0.15, 0.2) is 19.0 Å². The first-order valence-corrected chi connectivity index (χ1v) is 7.56. The van der Waals surface area contributed by atoms with E-state index in [2.05, 4.69) is 0 Å². The number of carboxylic acid groups (broad SMARTS) is 2. The molecule has 26 heavy (non-hydrogen) atoms. The zero-order valence-corrected chi connectivity index (χ0v) is 13.6. The molecular formula is C19H16O7. The van der Waals surface area contributed by atoms with Gasteiger partial charge in [-0.05, 0) is 48.0 Å². The molecule has 0 heterocycles. The molecule has 7 heteroatoms. The molecule has 0 amide bonds. The minimum Gasteiger partial charge on any atom is -0.482 e. The maximum Gasteiger partial charge on any atom is 0.341 e. The smallest absolute Gasteiger partial charge is 0.341 e. The van der Waals surface area contributed by atoms with E-state index in [9.17, 15) is 14.4 Å². The van der Waals surface area contributed by atoms with Gasteiger partial charge in [-0.1, -0.05) is 18.2 Å². The van der Waals surface area contributed by atoms with Crippen LogP contribution in [0.3, 0.4) is 0 Å². The summed E-state index contributed by atoms with van der Waals surface area (Å²) in [6.45, 7) is -0.893. The van der Waals surface area contributed by atoms with Crippen LogP contribution in [0.5, 0.6) is 11.5 Å². The third-order valence-electron chi connectivity index (χ3n) is 3.15. The third kappa shape index (κ3) is 6.12. The van der Waals surface area contributed by atoms with E-state index in [1.807, 2.05) is 0 Å². The standard InChI is InChI=1S/C19H16O7/c20-17(14-5-7-15(8-6-14)25-11-18(21)22)9-4-13-2-1-3-16(10-13)26-12-19(23)24/h1-10H,11-12H2,(H,21,22)(H,23,24)/b9-4+. The number of ketones is 1. The van der Waals surface area contributed by atoms with Gasteiger partial charge < -0.3 is 19.7 Å². The molecular weight excluding hydrogens is 340 g/mol. The number of hydrogen-bond donors (Lipinski definition) is 2. The maximum absolute atomic E-state index is 12.2. The van der Waals surface area contributed by atoms with E-state index in [-0.39, 0.29) is 5.78 Å².